The van der Waals surface area contributed by atoms with Crippen molar-refractivity contribution < 1.29 is 17.6 Å². The van der Waals surface area contributed by atoms with Crippen molar-refractivity contribution in [2.45, 2.75) is 6.42 Å². The summed E-state index contributed by atoms with van der Waals surface area (Å²) < 4.78 is 52.3. The fourth-order valence-electron chi connectivity index (χ4n) is 1.53. The van der Waals surface area contributed by atoms with Crippen molar-refractivity contribution in [3.8, 4) is 0 Å². The van der Waals surface area contributed by atoms with Gasteiger partial charge in [0.1, 0.15) is 5.69 Å². The van der Waals surface area contributed by atoms with Gasteiger partial charge in [-0.1, -0.05) is 0 Å². The molecule has 21 heavy (non-hydrogen) atoms. The highest BCUT2D eigenvalue weighted by Crippen LogP contribution is 2.21. The lowest BCUT2D eigenvalue weighted by atomic mass is 10.3. The summed E-state index contributed by atoms with van der Waals surface area (Å²) in [6.07, 6.45) is 3.53. The number of hydrogen-bond donors (Lipinski definition) is 2. The summed E-state index contributed by atoms with van der Waals surface area (Å²) in [5.74, 6) is -6.06. The zero-order valence-electron chi connectivity index (χ0n) is 10.7. The van der Waals surface area contributed by atoms with Crippen molar-refractivity contribution in [3.63, 3.8) is 0 Å². The van der Waals surface area contributed by atoms with Gasteiger partial charge in [0.25, 0.3) is 11.9 Å². The average molecular weight is 301 g/mol. The second kappa shape index (κ2) is 6.82. The molecule has 0 aliphatic heterocycles. The van der Waals surface area contributed by atoms with Crippen LogP contribution < -0.4 is 10.6 Å². The Morgan fingerprint density at radius 1 is 0.857 bits per heavy atom. The maximum Gasteiger partial charge on any atom is 0.253 e. The first kappa shape index (κ1) is 14.9. The minimum absolute atomic E-state index is 0.0938. The van der Waals surface area contributed by atoms with Gasteiger partial charge in [-0.15, -0.1) is 0 Å². The first-order chi connectivity index (χ1) is 10.1. The molecule has 0 atom stereocenters. The SMILES string of the molecule is Fc1nc(F)c(F)c(NCCCNc2ncccn2)c1F. The molecule has 0 spiro atoms. The lowest BCUT2D eigenvalue weighted by Crippen LogP contribution is -2.14. The molecule has 2 heterocycles. The molecule has 0 aromatic carbocycles. The van der Waals surface area contributed by atoms with Crippen LogP contribution >= 0.6 is 0 Å². The molecular weight excluding hydrogens is 290 g/mol. The van der Waals surface area contributed by atoms with Gasteiger partial charge in [0.05, 0.1) is 0 Å². The minimum Gasteiger partial charge on any atom is -0.380 e. The van der Waals surface area contributed by atoms with Crippen molar-refractivity contribution in [1.82, 2.24) is 15.0 Å². The summed E-state index contributed by atoms with van der Waals surface area (Å²) in [5.41, 5.74) is -0.865. The molecule has 2 rings (SSSR count). The second-order valence-electron chi connectivity index (χ2n) is 3.98. The first-order valence-electron chi connectivity index (χ1n) is 6.04. The maximum absolute atomic E-state index is 13.3. The van der Waals surface area contributed by atoms with E-state index >= 15 is 0 Å². The van der Waals surface area contributed by atoms with Crippen LogP contribution in [0.2, 0.25) is 0 Å². The number of nitrogens with zero attached hydrogens (tertiary/aromatic N) is 3. The standard InChI is InChI=1S/C12H11F4N5/c13-7-9(8(14)11(16)21-10(7)15)17-3-1-4-18-12-19-5-2-6-20-12/h2,5-6H,1,3-4H2,(H,17,21)(H,18,19,20). The van der Waals surface area contributed by atoms with Gasteiger partial charge in [0.2, 0.25) is 17.6 Å². The van der Waals surface area contributed by atoms with Gasteiger partial charge in [-0.2, -0.15) is 22.5 Å². The third-order valence-corrected chi connectivity index (χ3v) is 2.50. The molecule has 0 unspecified atom stereocenters. The summed E-state index contributed by atoms with van der Waals surface area (Å²) in [7, 11) is 0. The molecule has 5 nitrogen and oxygen atoms in total. The zero-order valence-corrected chi connectivity index (χ0v) is 10.7. The molecule has 112 valence electrons. The number of rotatable bonds is 6. The molecule has 0 radical (unpaired) electrons. The van der Waals surface area contributed by atoms with Gasteiger partial charge in [-0.05, 0) is 12.5 Å². The Bertz CT molecular complexity index is 582. The summed E-state index contributed by atoms with van der Waals surface area (Å²) in [6, 6.07) is 1.66. The summed E-state index contributed by atoms with van der Waals surface area (Å²) in [4.78, 5) is 10.3. The molecule has 2 aromatic heterocycles. The van der Waals surface area contributed by atoms with Crippen LogP contribution in [0.3, 0.4) is 0 Å². The number of hydrogen-bond acceptors (Lipinski definition) is 5. The summed E-state index contributed by atoms with van der Waals surface area (Å²) in [5, 5.41) is 5.17. The maximum atomic E-state index is 13.3. The lowest BCUT2D eigenvalue weighted by molar-refractivity contribution is 0.410. The minimum atomic E-state index is -1.69. The van der Waals surface area contributed by atoms with Crippen LogP contribution in [0.5, 0.6) is 0 Å². The van der Waals surface area contributed by atoms with E-state index in [1.807, 2.05) is 0 Å². The second-order valence-corrected chi connectivity index (χ2v) is 3.98. The van der Waals surface area contributed by atoms with Gasteiger partial charge < -0.3 is 10.6 Å². The number of pyridine rings is 1. The van der Waals surface area contributed by atoms with Crippen LogP contribution in [0, 0.1) is 23.5 Å². The number of halogens is 4. The highest BCUT2D eigenvalue weighted by atomic mass is 19.2. The highest BCUT2D eigenvalue weighted by molar-refractivity contribution is 5.45. The number of aromatic nitrogens is 3. The lowest BCUT2D eigenvalue weighted by Gasteiger charge is -2.09. The van der Waals surface area contributed by atoms with Gasteiger partial charge >= 0.3 is 0 Å². The van der Waals surface area contributed by atoms with Crippen LogP contribution in [0.15, 0.2) is 18.5 Å². The van der Waals surface area contributed by atoms with E-state index in [1.54, 1.807) is 18.5 Å². The monoisotopic (exact) mass is 301 g/mol. The largest absolute Gasteiger partial charge is 0.380 e. The van der Waals surface area contributed by atoms with Gasteiger partial charge in [0, 0.05) is 25.5 Å². The van der Waals surface area contributed by atoms with Crippen molar-refractivity contribution >= 4 is 11.6 Å². The summed E-state index contributed by atoms with van der Waals surface area (Å²) >= 11 is 0. The van der Waals surface area contributed by atoms with Crippen molar-refractivity contribution in [1.29, 1.82) is 0 Å². The smallest absolute Gasteiger partial charge is 0.253 e. The predicted octanol–water partition coefficient (Wildman–Crippen LogP) is 2.34. The van der Waals surface area contributed by atoms with E-state index in [1.165, 1.54) is 0 Å². The summed E-state index contributed by atoms with van der Waals surface area (Å²) in [6.45, 7) is 0.507. The van der Waals surface area contributed by atoms with E-state index in [0.29, 0.717) is 18.9 Å². The van der Waals surface area contributed by atoms with Crippen LogP contribution in [0.25, 0.3) is 0 Å². The molecule has 2 aromatic rings. The Morgan fingerprint density at radius 2 is 1.43 bits per heavy atom. The first-order valence-corrected chi connectivity index (χ1v) is 6.04. The Labute approximate surface area is 117 Å². The normalized spacial score (nSPS) is 10.5. The van der Waals surface area contributed by atoms with E-state index in [0.717, 1.165) is 0 Å². The van der Waals surface area contributed by atoms with Gasteiger partial charge in [-0.25, -0.2) is 9.97 Å². The van der Waals surface area contributed by atoms with Crippen LogP contribution in [-0.4, -0.2) is 28.0 Å². The van der Waals surface area contributed by atoms with E-state index in [2.05, 4.69) is 25.6 Å². The Balaban J connectivity index is 1.84. The van der Waals surface area contributed by atoms with Crippen LogP contribution in [-0.2, 0) is 0 Å². The van der Waals surface area contributed by atoms with E-state index in [9.17, 15) is 17.6 Å². The molecule has 0 amide bonds. The topological polar surface area (TPSA) is 62.7 Å². The molecule has 9 heteroatoms. The molecule has 0 aliphatic rings. The Morgan fingerprint density at radius 3 is 2.05 bits per heavy atom. The third-order valence-electron chi connectivity index (χ3n) is 2.50. The molecular formula is C12H11F4N5. The highest BCUT2D eigenvalue weighted by Gasteiger charge is 2.20. The fraction of sp³-hybridized carbons (Fsp3) is 0.250. The molecule has 0 fully saturated rings. The fourth-order valence-corrected chi connectivity index (χ4v) is 1.53. The van der Waals surface area contributed by atoms with Crippen molar-refractivity contribution in [2.75, 3.05) is 23.7 Å². The van der Waals surface area contributed by atoms with E-state index in [-0.39, 0.29) is 6.54 Å². The average Bonchev–Trinajstić information content (AvgIpc) is 2.49. The Kier molecular flexibility index (Phi) is 4.85. The number of anilines is 2. The zero-order chi connectivity index (χ0) is 15.2. The molecule has 0 bridgehead atoms. The molecule has 0 aliphatic carbocycles. The quantitative estimate of drug-likeness (QED) is 0.487. The number of nitrogens with one attached hydrogen (secondary N) is 2. The van der Waals surface area contributed by atoms with E-state index < -0.39 is 29.2 Å². The third kappa shape index (κ3) is 3.77. The molecule has 0 saturated carbocycles. The van der Waals surface area contributed by atoms with Crippen LogP contribution in [0.4, 0.5) is 29.2 Å². The van der Waals surface area contributed by atoms with E-state index in [4.69, 9.17) is 0 Å². The van der Waals surface area contributed by atoms with Crippen LogP contribution in [0.1, 0.15) is 6.42 Å². The molecule has 2 N–H and O–H groups in total. The predicted molar refractivity (Wildman–Crippen MR) is 67.7 cm³/mol. The van der Waals surface area contributed by atoms with Crippen molar-refractivity contribution in [3.05, 3.63) is 42.0 Å². The van der Waals surface area contributed by atoms with Gasteiger partial charge in [-0.3, -0.25) is 0 Å². The molecule has 0 saturated heterocycles. The Hall–Kier alpha value is -2.45. The van der Waals surface area contributed by atoms with Crippen molar-refractivity contribution in [2.24, 2.45) is 0 Å². The van der Waals surface area contributed by atoms with Gasteiger partial charge in [0.15, 0.2) is 0 Å².